The summed E-state index contributed by atoms with van der Waals surface area (Å²) in [5.41, 5.74) is 7.71. The van der Waals surface area contributed by atoms with Gasteiger partial charge in [-0.25, -0.2) is 0 Å². The molecule has 4 nitrogen and oxygen atoms in total. The maximum atomic E-state index is 9.68. The minimum Gasteiger partial charge on any atom is -0.503 e. The highest BCUT2D eigenvalue weighted by molar-refractivity contribution is 5.72. The van der Waals surface area contributed by atoms with Gasteiger partial charge in [0.15, 0.2) is 11.5 Å². The van der Waals surface area contributed by atoms with E-state index in [4.69, 9.17) is 15.2 Å². The molecule has 1 aromatic carbocycles. The van der Waals surface area contributed by atoms with Crippen molar-refractivity contribution in [3.63, 3.8) is 0 Å². The fourth-order valence-corrected chi connectivity index (χ4v) is 1.39. The molecule has 0 heterocycles. The van der Waals surface area contributed by atoms with Gasteiger partial charge in [-0.3, -0.25) is 0 Å². The SMILES string of the molecule is COc1c(C)c(C)c(N)c(O)c1OC. The first kappa shape index (κ1) is 10.5. The zero-order valence-corrected chi connectivity index (χ0v) is 8.84. The van der Waals surface area contributed by atoms with Gasteiger partial charge in [0, 0.05) is 5.56 Å². The second-order valence-corrected chi connectivity index (χ2v) is 3.08. The van der Waals surface area contributed by atoms with Crippen molar-refractivity contribution in [2.24, 2.45) is 0 Å². The van der Waals surface area contributed by atoms with E-state index >= 15 is 0 Å². The van der Waals surface area contributed by atoms with Gasteiger partial charge in [0.1, 0.15) is 0 Å². The predicted molar refractivity (Wildman–Crippen MR) is 55.1 cm³/mol. The standard InChI is InChI=1S/C10H15NO3/c1-5-6(2)9(13-3)10(14-4)8(12)7(5)11/h12H,11H2,1-4H3. The maximum Gasteiger partial charge on any atom is 0.205 e. The first-order valence-electron chi connectivity index (χ1n) is 4.24. The van der Waals surface area contributed by atoms with E-state index < -0.39 is 0 Å². The fraction of sp³-hybridized carbons (Fsp3) is 0.400. The molecular weight excluding hydrogens is 182 g/mol. The van der Waals surface area contributed by atoms with Crippen LogP contribution in [-0.2, 0) is 0 Å². The van der Waals surface area contributed by atoms with E-state index in [1.807, 2.05) is 13.8 Å². The molecule has 1 rings (SSSR count). The second kappa shape index (κ2) is 3.65. The third-order valence-electron chi connectivity index (χ3n) is 2.39. The van der Waals surface area contributed by atoms with Crippen LogP contribution in [0.3, 0.4) is 0 Å². The third-order valence-corrected chi connectivity index (χ3v) is 2.39. The lowest BCUT2D eigenvalue weighted by molar-refractivity contribution is 0.332. The quantitative estimate of drug-likeness (QED) is 0.558. The smallest absolute Gasteiger partial charge is 0.205 e. The summed E-state index contributed by atoms with van der Waals surface area (Å²) in [4.78, 5) is 0. The van der Waals surface area contributed by atoms with Crippen LogP contribution in [0.4, 0.5) is 5.69 Å². The monoisotopic (exact) mass is 197 g/mol. The molecule has 0 aliphatic carbocycles. The number of nitrogen functional groups attached to an aromatic ring is 1. The van der Waals surface area contributed by atoms with Crippen molar-refractivity contribution >= 4 is 5.69 Å². The Labute approximate surface area is 83.3 Å². The molecule has 0 spiro atoms. The van der Waals surface area contributed by atoms with Crippen LogP contribution in [0.25, 0.3) is 0 Å². The molecule has 0 amide bonds. The van der Waals surface area contributed by atoms with Gasteiger partial charge in [-0.15, -0.1) is 0 Å². The van der Waals surface area contributed by atoms with Gasteiger partial charge in [-0.05, 0) is 19.4 Å². The van der Waals surface area contributed by atoms with Crippen LogP contribution in [0.5, 0.6) is 17.2 Å². The second-order valence-electron chi connectivity index (χ2n) is 3.08. The van der Waals surface area contributed by atoms with E-state index in [0.29, 0.717) is 11.4 Å². The average Bonchev–Trinajstić information content (AvgIpc) is 2.20. The Morgan fingerprint density at radius 3 is 1.93 bits per heavy atom. The minimum absolute atomic E-state index is 0.0625. The molecule has 78 valence electrons. The van der Waals surface area contributed by atoms with Gasteiger partial charge < -0.3 is 20.3 Å². The number of nitrogens with two attached hydrogens (primary N) is 1. The summed E-state index contributed by atoms with van der Waals surface area (Å²) in [7, 11) is 2.99. The van der Waals surface area contributed by atoms with Gasteiger partial charge in [0.25, 0.3) is 0 Å². The lowest BCUT2D eigenvalue weighted by Crippen LogP contribution is -2.00. The topological polar surface area (TPSA) is 64.7 Å². The Hall–Kier alpha value is -1.58. The molecule has 4 heteroatoms. The molecule has 0 atom stereocenters. The Balaban J connectivity index is 3.57. The first-order valence-corrected chi connectivity index (χ1v) is 4.24. The van der Waals surface area contributed by atoms with Crippen LogP contribution in [0.15, 0.2) is 0 Å². The summed E-state index contributed by atoms with van der Waals surface area (Å²) in [5, 5.41) is 9.68. The highest BCUT2D eigenvalue weighted by atomic mass is 16.5. The van der Waals surface area contributed by atoms with Crippen LogP contribution < -0.4 is 15.2 Å². The van der Waals surface area contributed by atoms with Crippen molar-refractivity contribution in [3.8, 4) is 17.2 Å². The van der Waals surface area contributed by atoms with Crippen LogP contribution >= 0.6 is 0 Å². The largest absolute Gasteiger partial charge is 0.503 e. The normalized spacial score (nSPS) is 10.0. The Morgan fingerprint density at radius 2 is 1.50 bits per heavy atom. The molecule has 0 radical (unpaired) electrons. The van der Waals surface area contributed by atoms with Crippen molar-refractivity contribution in [3.05, 3.63) is 11.1 Å². The van der Waals surface area contributed by atoms with Gasteiger partial charge in [-0.2, -0.15) is 0 Å². The lowest BCUT2D eigenvalue weighted by Gasteiger charge is -2.16. The Morgan fingerprint density at radius 1 is 1.00 bits per heavy atom. The van der Waals surface area contributed by atoms with Crippen molar-refractivity contribution in [1.29, 1.82) is 0 Å². The number of phenols is 1. The predicted octanol–water partition coefficient (Wildman–Crippen LogP) is 1.61. The number of phenolic OH excluding ortho intramolecular Hbond substituents is 1. The summed E-state index contributed by atoms with van der Waals surface area (Å²) < 4.78 is 10.2. The Kier molecular flexibility index (Phi) is 2.74. The number of aromatic hydroxyl groups is 1. The van der Waals surface area contributed by atoms with E-state index in [0.717, 1.165) is 11.1 Å². The number of anilines is 1. The van der Waals surface area contributed by atoms with Gasteiger partial charge in [-0.1, -0.05) is 0 Å². The van der Waals surface area contributed by atoms with Crippen LogP contribution in [-0.4, -0.2) is 19.3 Å². The van der Waals surface area contributed by atoms with Crippen LogP contribution in [0.2, 0.25) is 0 Å². The van der Waals surface area contributed by atoms with Crippen molar-refractivity contribution in [2.45, 2.75) is 13.8 Å². The number of methoxy groups -OCH3 is 2. The molecule has 0 bridgehead atoms. The average molecular weight is 197 g/mol. The van der Waals surface area contributed by atoms with Crippen molar-refractivity contribution < 1.29 is 14.6 Å². The number of rotatable bonds is 2. The Bertz CT molecular complexity index is 326. The molecule has 0 unspecified atom stereocenters. The molecule has 0 aromatic heterocycles. The van der Waals surface area contributed by atoms with E-state index in [1.165, 1.54) is 14.2 Å². The number of benzene rings is 1. The van der Waals surface area contributed by atoms with E-state index in [1.54, 1.807) is 0 Å². The summed E-state index contributed by atoms with van der Waals surface area (Å²) in [6.07, 6.45) is 0. The molecular formula is C10H15NO3. The van der Waals surface area contributed by atoms with Gasteiger partial charge in [0.2, 0.25) is 5.75 Å². The summed E-state index contributed by atoms with van der Waals surface area (Å²) in [6.45, 7) is 3.69. The molecule has 1 aromatic rings. The van der Waals surface area contributed by atoms with Gasteiger partial charge >= 0.3 is 0 Å². The highest BCUT2D eigenvalue weighted by Gasteiger charge is 2.18. The number of hydrogen-bond donors (Lipinski definition) is 2. The van der Waals surface area contributed by atoms with Crippen molar-refractivity contribution in [2.75, 3.05) is 20.0 Å². The zero-order valence-electron chi connectivity index (χ0n) is 8.84. The molecule has 0 aliphatic heterocycles. The first-order chi connectivity index (χ1) is 6.54. The van der Waals surface area contributed by atoms with Crippen molar-refractivity contribution in [1.82, 2.24) is 0 Å². The fourth-order valence-electron chi connectivity index (χ4n) is 1.39. The molecule has 3 N–H and O–H groups in total. The molecule has 0 saturated carbocycles. The molecule has 0 fully saturated rings. The van der Waals surface area contributed by atoms with E-state index in [9.17, 15) is 5.11 Å². The van der Waals surface area contributed by atoms with E-state index in [2.05, 4.69) is 0 Å². The third kappa shape index (κ3) is 1.32. The lowest BCUT2D eigenvalue weighted by atomic mass is 10.1. The summed E-state index contributed by atoms with van der Waals surface area (Å²) >= 11 is 0. The molecule has 0 aliphatic rings. The van der Waals surface area contributed by atoms with Gasteiger partial charge in [0.05, 0.1) is 19.9 Å². The maximum absolute atomic E-state index is 9.68. The number of ether oxygens (including phenoxy) is 2. The number of hydrogen-bond acceptors (Lipinski definition) is 4. The molecule has 0 saturated heterocycles. The van der Waals surface area contributed by atoms with Crippen LogP contribution in [0, 0.1) is 13.8 Å². The zero-order chi connectivity index (χ0) is 10.9. The molecule has 14 heavy (non-hydrogen) atoms. The summed E-state index contributed by atoms with van der Waals surface area (Å²) in [6, 6.07) is 0. The highest BCUT2D eigenvalue weighted by Crippen LogP contribution is 2.45. The summed E-state index contributed by atoms with van der Waals surface area (Å²) in [5.74, 6) is 0.747. The minimum atomic E-state index is -0.0625. The van der Waals surface area contributed by atoms with E-state index in [-0.39, 0.29) is 11.5 Å². The van der Waals surface area contributed by atoms with Crippen LogP contribution in [0.1, 0.15) is 11.1 Å².